The van der Waals surface area contributed by atoms with Crippen LogP contribution in [0.2, 0.25) is 0 Å². The average molecular weight is 224 g/mol. The number of nitrogens with two attached hydrogens (primary N) is 1. The molecule has 0 radical (unpaired) electrons. The maximum Gasteiger partial charge on any atom is 0.114 e. The lowest BCUT2D eigenvalue weighted by atomic mass is 10.3. The van der Waals surface area contributed by atoms with E-state index in [0.29, 0.717) is 0 Å². The Morgan fingerprint density at radius 3 is 2.87 bits per heavy atom. The Kier molecular flexibility index (Phi) is 5.30. The molecule has 1 aromatic rings. The monoisotopic (exact) mass is 224 g/mol. The van der Waals surface area contributed by atoms with Crippen molar-refractivity contribution in [3.63, 3.8) is 0 Å². The first-order chi connectivity index (χ1) is 7.26. The second kappa shape index (κ2) is 6.54. The fourth-order valence-electron chi connectivity index (χ4n) is 1.14. The van der Waals surface area contributed by atoms with Gasteiger partial charge in [-0.2, -0.15) is 17.0 Å². The van der Waals surface area contributed by atoms with E-state index in [1.807, 2.05) is 18.2 Å². The number of furan rings is 1. The molecule has 82 valence electrons. The fraction of sp³-hybridized carbons (Fsp3) is 0.545. The summed E-state index contributed by atoms with van der Waals surface area (Å²) in [4.78, 5) is 0. The van der Waals surface area contributed by atoms with E-state index in [4.69, 9.17) is 15.4 Å². The second-order valence-electron chi connectivity index (χ2n) is 3.30. The molecule has 4 heteroatoms. The second-order valence-corrected chi connectivity index (χ2v) is 4.40. The maximum atomic E-state index is 8.48. The van der Waals surface area contributed by atoms with E-state index >= 15 is 0 Å². The number of hydrogen-bond acceptors (Lipinski definition) is 4. The van der Waals surface area contributed by atoms with Gasteiger partial charge < -0.3 is 10.2 Å². The molecule has 0 spiro atoms. The quantitative estimate of drug-likeness (QED) is 0.753. The minimum atomic E-state index is -0.333. The van der Waals surface area contributed by atoms with E-state index in [2.05, 4.69) is 6.92 Å². The first-order valence-corrected chi connectivity index (χ1v) is 6.22. The molecule has 2 N–H and O–H groups in total. The number of thioether (sulfide) groups is 1. The molecule has 0 saturated carbocycles. The molecule has 0 aromatic carbocycles. The molecule has 0 fully saturated rings. The van der Waals surface area contributed by atoms with Crippen LogP contribution in [0.25, 0.3) is 0 Å². The molecule has 1 heterocycles. The van der Waals surface area contributed by atoms with E-state index in [9.17, 15) is 0 Å². The van der Waals surface area contributed by atoms with Gasteiger partial charge in [0.15, 0.2) is 0 Å². The highest BCUT2D eigenvalue weighted by molar-refractivity contribution is 7.98. The van der Waals surface area contributed by atoms with Crippen LogP contribution in [0, 0.1) is 11.3 Å². The summed E-state index contributed by atoms with van der Waals surface area (Å²) in [7, 11) is 0. The largest absolute Gasteiger partial charge is 0.465 e. The van der Waals surface area contributed by atoms with Crippen molar-refractivity contribution in [2.45, 2.75) is 31.6 Å². The summed E-state index contributed by atoms with van der Waals surface area (Å²) in [5, 5.41) is 8.48. The van der Waals surface area contributed by atoms with Crippen molar-refractivity contribution < 1.29 is 4.42 Å². The van der Waals surface area contributed by atoms with E-state index in [1.165, 1.54) is 0 Å². The molecule has 0 saturated heterocycles. The zero-order valence-electron chi connectivity index (χ0n) is 8.90. The van der Waals surface area contributed by atoms with Gasteiger partial charge in [-0.1, -0.05) is 6.92 Å². The molecule has 3 nitrogen and oxygen atoms in total. The molecule has 0 aliphatic carbocycles. The molecule has 0 aliphatic rings. The molecular weight excluding hydrogens is 208 g/mol. The summed E-state index contributed by atoms with van der Waals surface area (Å²) in [6.07, 6.45) is 1.67. The molecule has 1 unspecified atom stereocenters. The van der Waals surface area contributed by atoms with Gasteiger partial charge in [0.05, 0.1) is 17.9 Å². The first-order valence-electron chi connectivity index (χ1n) is 5.06. The van der Waals surface area contributed by atoms with Crippen LogP contribution in [0.3, 0.4) is 0 Å². The standard InChI is InChI=1S/C11H16N2OS/c1-2-10-3-4-11(14-10)8-15-6-5-9(13)7-12/h3-4,9H,2,5-6,8,13H2,1H3. The van der Waals surface area contributed by atoms with Crippen molar-refractivity contribution in [1.82, 2.24) is 0 Å². The number of rotatable bonds is 6. The van der Waals surface area contributed by atoms with Crippen LogP contribution in [0.1, 0.15) is 24.9 Å². The van der Waals surface area contributed by atoms with Crippen molar-refractivity contribution in [3.05, 3.63) is 23.7 Å². The maximum absolute atomic E-state index is 8.48. The summed E-state index contributed by atoms with van der Waals surface area (Å²) < 4.78 is 5.55. The summed E-state index contributed by atoms with van der Waals surface area (Å²) in [6, 6.07) is 5.71. The Bertz CT molecular complexity index is 330. The van der Waals surface area contributed by atoms with Gasteiger partial charge in [0.2, 0.25) is 0 Å². The molecular formula is C11H16N2OS. The Morgan fingerprint density at radius 1 is 1.53 bits per heavy atom. The van der Waals surface area contributed by atoms with Crippen LogP contribution in [0.15, 0.2) is 16.5 Å². The predicted molar refractivity (Wildman–Crippen MR) is 62.5 cm³/mol. The zero-order chi connectivity index (χ0) is 11.1. The minimum Gasteiger partial charge on any atom is -0.465 e. The first kappa shape index (κ1) is 12.2. The lowest BCUT2D eigenvalue weighted by Gasteiger charge is -2.01. The number of aryl methyl sites for hydroxylation is 1. The molecule has 0 bridgehead atoms. The van der Waals surface area contributed by atoms with E-state index in [1.54, 1.807) is 11.8 Å². The Labute approximate surface area is 94.6 Å². The van der Waals surface area contributed by atoms with Crippen LogP contribution in [-0.2, 0) is 12.2 Å². The van der Waals surface area contributed by atoms with Gasteiger partial charge in [-0.25, -0.2) is 0 Å². The third-order valence-corrected chi connectivity index (χ3v) is 3.06. The summed E-state index contributed by atoms with van der Waals surface area (Å²) in [5.74, 6) is 3.79. The Morgan fingerprint density at radius 2 is 2.27 bits per heavy atom. The molecule has 1 aromatic heterocycles. The SMILES string of the molecule is CCc1ccc(CSCCC(N)C#N)o1. The van der Waals surface area contributed by atoms with Gasteiger partial charge in [-0.3, -0.25) is 0 Å². The summed E-state index contributed by atoms with van der Waals surface area (Å²) in [6.45, 7) is 2.07. The van der Waals surface area contributed by atoms with Gasteiger partial charge in [-0.05, 0) is 24.3 Å². The van der Waals surface area contributed by atoms with Crippen LogP contribution >= 0.6 is 11.8 Å². The Hall–Kier alpha value is -0.920. The summed E-state index contributed by atoms with van der Waals surface area (Å²) in [5.41, 5.74) is 5.48. The van der Waals surface area contributed by atoms with Gasteiger partial charge >= 0.3 is 0 Å². The van der Waals surface area contributed by atoms with Crippen LogP contribution in [-0.4, -0.2) is 11.8 Å². The van der Waals surface area contributed by atoms with Gasteiger partial charge in [0.25, 0.3) is 0 Å². The van der Waals surface area contributed by atoms with Crippen molar-refractivity contribution in [2.75, 3.05) is 5.75 Å². The van der Waals surface area contributed by atoms with Crippen molar-refractivity contribution in [2.24, 2.45) is 5.73 Å². The van der Waals surface area contributed by atoms with Gasteiger partial charge in [-0.15, -0.1) is 0 Å². The van der Waals surface area contributed by atoms with Gasteiger partial charge in [0, 0.05) is 6.42 Å². The topological polar surface area (TPSA) is 63.0 Å². The smallest absolute Gasteiger partial charge is 0.114 e. The third kappa shape index (κ3) is 4.41. The van der Waals surface area contributed by atoms with E-state index in [-0.39, 0.29) is 6.04 Å². The molecule has 0 amide bonds. The fourth-order valence-corrected chi connectivity index (χ4v) is 2.06. The molecule has 15 heavy (non-hydrogen) atoms. The minimum absolute atomic E-state index is 0.333. The lowest BCUT2D eigenvalue weighted by Crippen LogP contribution is -2.17. The van der Waals surface area contributed by atoms with Crippen molar-refractivity contribution in [3.8, 4) is 6.07 Å². The average Bonchev–Trinajstić information content (AvgIpc) is 2.72. The van der Waals surface area contributed by atoms with Crippen molar-refractivity contribution >= 4 is 11.8 Å². The normalized spacial score (nSPS) is 12.3. The third-order valence-electron chi connectivity index (χ3n) is 2.05. The van der Waals surface area contributed by atoms with Gasteiger partial charge in [0.1, 0.15) is 11.5 Å². The van der Waals surface area contributed by atoms with Crippen LogP contribution in [0.5, 0.6) is 0 Å². The number of nitrogens with zero attached hydrogens (tertiary/aromatic N) is 1. The van der Waals surface area contributed by atoms with E-state index < -0.39 is 0 Å². The molecule has 1 atom stereocenters. The Balaban J connectivity index is 2.18. The lowest BCUT2D eigenvalue weighted by molar-refractivity contribution is 0.485. The van der Waals surface area contributed by atoms with Crippen molar-refractivity contribution in [1.29, 1.82) is 5.26 Å². The predicted octanol–water partition coefficient (Wildman–Crippen LogP) is 2.32. The summed E-state index contributed by atoms with van der Waals surface area (Å²) >= 11 is 1.75. The number of hydrogen-bond donors (Lipinski definition) is 1. The zero-order valence-corrected chi connectivity index (χ0v) is 9.72. The highest BCUT2D eigenvalue weighted by Gasteiger charge is 2.02. The van der Waals surface area contributed by atoms with E-state index in [0.717, 1.165) is 35.9 Å². The van der Waals surface area contributed by atoms with Crippen LogP contribution < -0.4 is 5.73 Å². The number of nitriles is 1. The molecule has 1 rings (SSSR count). The molecule has 0 aliphatic heterocycles. The van der Waals surface area contributed by atoms with Crippen LogP contribution in [0.4, 0.5) is 0 Å². The highest BCUT2D eigenvalue weighted by Crippen LogP contribution is 2.16. The highest BCUT2D eigenvalue weighted by atomic mass is 32.2.